The van der Waals surface area contributed by atoms with Crippen LogP contribution in [0.25, 0.3) is 11.3 Å². The summed E-state index contributed by atoms with van der Waals surface area (Å²) in [4.78, 5) is 21.9. The van der Waals surface area contributed by atoms with Gasteiger partial charge in [0.2, 0.25) is 5.95 Å². The Labute approximate surface area is 229 Å². The maximum Gasteiger partial charge on any atom is 0.251 e. The number of nitrogens with one attached hydrogen (secondary N) is 1. The summed E-state index contributed by atoms with van der Waals surface area (Å²) in [5.74, 6) is -0.260. The van der Waals surface area contributed by atoms with Crippen LogP contribution in [0, 0.1) is 5.82 Å². The summed E-state index contributed by atoms with van der Waals surface area (Å²) in [7, 11) is -2.09. The van der Waals surface area contributed by atoms with Crippen molar-refractivity contribution in [3.05, 3.63) is 75.5 Å². The first-order valence-electron chi connectivity index (χ1n) is 12.9. The average Bonchev–Trinajstić information content (AvgIpc) is 2.86. The van der Waals surface area contributed by atoms with Crippen molar-refractivity contribution in [1.82, 2.24) is 14.5 Å². The summed E-state index contributed by atoms with van der Waals surface area (Å²) >= 11 is 6.30. The average molecular weight is 559 g/mol. The molecule has 38 heavy (non-hydrogen) atoms. The van der Waals surface area contributed by atoms with Crippen LogP contribution in [0.15, 0.2) is 53.6 Å². The van der Waals surface area contributed by atoms with Crippen LogP contribution in [-0.4, -0.2) is 48.7 Å². The molecule has 0 aliphatic carbocycles. The zero-order valence-corrected chi connectivity index (χ0v) is 24.4. The minimum Gasteiger partial charge on any atom is -0.414 e. The van der Waals surface area contributed by atoms with Crippen molar-refractivity contribution in [1.29, 1.82) is 0 Å². The summed E-state index contributed by atoms with van der Waals surface area (Å²) in [6.45, 7) is 12.5. The van der Waals surface area contributed by atoms with E-state index in [1.165, 1.54) is 6.07 Å². The van der Waals surface area contributed by atoms with Crippen LogP contribution in [0.4, 0.5) is 10.3 Å². The first-order valence-corrected chi connectivity index (χ1v) is 16.2. The lowest BCUT2D eigenvalue weighted by Crippen LogP contribution is -2.43. The molecule has 0 spiro atoms. The lowest BCUT2D eigenvalue weighted by atomic mass is 10.1. The molecule has 1 aliphatic heterocycles. The number of aromatic nitrogens is 3. The molecule has 3 aromatic rings. The van der Waals surface area contributed by atoms with Crippen LogP contribution >= 0.6 is 11.6 Å². The van der Waals surface area contributed by atoms with E-state index in [0.717, 1.165) is 24.6 Å². The Hall–Kier alpha value is -2.59. The fraction of sp³-hybridized carbons (Fsp3) is 0.464. The third-order valence-electron chi connectivity index (χ3n) is 7.50. The van der Waals surface area contributed by atoms with Crippen molar-refractivity contribution in [3.8, 4) is 11.3 Å². The SMILES string of the molecule is CC(C)(C)[Si](C)(C)OCC(c1cccc(Cl)c1)n1ccc(-c2nc(NC3CCOCC3)ncc2F)cc1=O. The number of nitrogens with zero attached hydrogens (tertiary/aromatic N) is 3. The van der Waals surface area contributed by atoms with Crippen molar-refractivity contribution in [2.45, 2.75) is 63.8 Å². The molecule has 204 valence electrons. The van der Waals surface area contributed by atoms with Gasteiger partial charge in [0.15, 0.2) is 14.1 Å². The van der Waals surface area contributed by atoms with E-state index >= 15 is 0 Å². The van der Waals surface area contributed by atoms with Crippen molar-refractivity contribution >= 4 is 25.9 Å². The topological polar surface area (TPSA) is 78.3 Å². The highest BCUT2D eigenvalue weighted by molar-refractivity contribution is 6.74. The standard InChI is InChI=1S/C28H36ClFN4O3Si/c1-28(2,3)38(4,5)37-18-24(19-7-6-8-21(29)15-19)34-12-9-20(16-25(34)35)26-23(30)17-31-27(33-26)32-22-10-13-36-14-11-22/h6-9,12,15-17,22,24H,10-11,13-14,18H2,1-5H3,(H,31,32,33). The second kappa shape index (κ2) is 11.7. The molecule has 0 radical (unpaired) electrons. The second-order valence-electron chi connectivity index (χ2n) is 11.2. The molecule has 1 N–H and O–H groups in total. The van der Waals surface area contributed by atoms with E-state index in [1.807, 2.05) is 18.2 Å². The Morgan fingerprint density at radius 2 is 1.97 bits per heavy atom. The van der Waals surface area contributed by atoms with E-state index in [0.29, 0.717) is 36.4 Å². The first-order chi connectivity index (χ1) is 17.9. The van der Waals surface area contributed by atoms with Gasteiger partial charge in [-0.15, -0.1) is 0 Å². The molecule has 1 aromatic carbocycles. The third-order valence-corrected chi connectivity index (χ3v) is 12.2. The van der Waals surface area contributed by atoms with Crippen LogP contribution in [-0.2, 0) is 9.16 Å². The molecular weight excluding hydrogens is 523 g/mol. The molecule has 3 heterocycles. The van der Waals surface area contributed by atoms with Gasteiger partial charge in [0, 0.05) is 42.1 Å². The highest BCUT2D eigenvalue weighted by atomic mass is 35.5. The maximum atomic E-state index is 14.8. The van der Waals surface area contributed by atoms with Gasteiger partial charge in [-0.3, -0.25) is 4.79 Å². The minimum atomic E-state index is -2.09. The van der Waals surface area contributed by atoms with E-state index in [1.54, 1.807) is 22.9 Å². The quantitative estimate of drug-likeness (QED) is 0.327. The maximum absolute atomic E-state index is 14.8. The number of benzene rings is 1. The number of pyridine rings is 1. The Morgan fingerprint density at radius 3 is 2.63 bits per heavy atom. The number of anilines is 1. The highest BCUT2D eigenvalue weighted by Crippen LogP contribution is 2.37. The summed E-state index contributed by atoms with van der Waals surface area (Å²) in [6.07, 6.45) is 4.46. The van der Waals surface area contributed by atoms with Crippen molar-refractivity contribution in [3.63, 3.8) is 0 Å². The Kier molecular flexibility index (Phi) is 8.71. The Bertz CT molecular complexity index is 1320. The summed E-state index contributed by atoms with van der Waals surface area (Å²) in [6, 6.07) is 10.3. The van der Waals surface area contributed by atoms with Crippen LogP contribution in [0.5, 0.6) is 0 Å². The number of rotatable bonds is 8. The minimum absolute atomic E-state index is 0.0155. The van der Waals surface area contributed by atoms with E-state index in [9.17, 15) is 9.18 Å². The molecule has 2 aromatic heterocycles. The predicted octanol–water partition coefficient (Wildman–Crippen LogP) is 6.30. The highest BCUT2D eigenvalue weighted by Gasteiger charge is 2.38. The fourth-order valence-electron chi connectivity index (χ4n) is 4.11. The lowest BCUT2D eigenvalue weighted by molar-refractivity contribution is 0.0903. The zero-order chi connectivity index (χ0) is 27.5. The molecular formula is C28H36ClFN4O3Si. The molecule has 1 aliphatic rings. The molecule has 7 nitrogen and oxygen atoms in total. The summed E-state index contributed by atoms with van der Waals surface area (Å²) in [5, 5.41) is 3.85. The van der Waals surface area contributed by atoms with E-state index in [2.05, 4.69) is 49.1 Å². The molecule has 4 rings (SSSR count). The Morgan fingerprint density at radius 1 is 1.24 bits per heavy atom. The number of ether oxygens (including phenoxy) is 1. The van der Waals surface area contributed by atoms with Gasteiger partial charge in [0.05, 0.1) is 18.8 Å². The van der Waals surface area contributed by atoms with Gasteiger partial charge in [-0.05, 0) is 54.7 Å². The molecule has 1 atom stereocenters. The molecule has 0 bridgehead atoms. The van der Waals surface area contributed by atoms with Gasteiger partial charge >= 0.3 is 0 Å². The summed E-state index contributed by atoms with van der Waals surface area (Å²) in [5.41, 5.74) is 1.04. The number of hydrogen-bond acceptors (Lipinski definition) is 6. The van der Waals surface area contributed by atoms with Crippen LogP contribution in [0.2, 0.25) is 23.2 Å². The van der Waals surface area contributed by atoms with Gasteiger partial charge < -0.3 is 19.0 Å². The third kappa shape index (κ3) is 6.69. The second-order valence-corrected chi connectivity index (χ2v) is 16.5. The summed E-state index contributed by atoms with van der Waals surface area (Å²) < 4.78 is 28.3. The molecule has 1 unspecified atom stereocenters. The van der Waals surface area contributed by atoms with E-state index in [-0.39, 0.29) is 22.3 Å². The van der Waals surface area contributed by atoms with Crippen molar-refractivity contribution in [2.75, 3.05) is 25.1 Å². The number of hydrogen-bond donors (Lipinski definition) is 1. The number of halogens is 2. The smallest absolute Gasteiger partial charge is 0.251 e. The van der Waals surface area contributed by atoms with Crippen LogP contribution in [0.3, 0.4) is 0 Å². The van der Waals surface area contributed by atoms with Gasteiger partial charge in [-0.2, -0.15) is 0 Å². The monoisotopic (exact) mass is 558 g/mol. The van der Waals surface area contributed by atoms with E-state index in [4.69, 9.17) is 20.8 Å². The molecule has 1 saturated heterocycles. The largest absolute Gasteiger partial charge is 0.414 e. The van der Waals surface area contributed by atoms with Gasteiger partial charge in [-0.1, -0.05) is 44.5 Å². The van der Waals surface area contributed by atoms with Crippen molar-refractivity contribution < 1.29 is 13.6 Å². The van der Waals surface area contributed by atoms with Crippen LogP contribution in [0.1, 0.15) is 45.2 Å². The molecule has 1 fully saturated rings. The van der Waals surface area contributed by atoms with Crippen molar-refractivity contribution in [2.24, 2.45) is 0 Å². The first kappa shape index (κ1) is 28.4. The fourth-order valence-corrected chi connectivity index (χ4v) is 5.32. The Balaban J connectivity index is 1.65. The zero-order valence-electron chi connectivity index (χ0n) is 22.6. The van der Waals surface area contributed by atoms with Gasteiger partial charge in [0.25, 0.3) is 5.56 Å². The lowest BCUT2D eigenvalue weighted by Gasteiger charge is -2.37. The molecule has 0 amide bonds. The molecule has 10 heteroatoms. The van der Waals surface area contributed by atoms with E-state index < -0.39 is 20.2 Å². The molecule has 0 saturated carbocycles. The van der Waals surface area contributed by atoms with Gasteiger partial charge in [-0.25, -0.2) is 14.4 Å². The van der Waals surface area contributed by atoms with Gasteiger partial charge in [0.1, 0.15) is 5.69 Å². The normalized spacial score (nSPS) is 15.9. The predicted molar refractivity (Wildman–Crippen MR) is 152 cm³/mol. The van der Waals surface area contributed by atoms with Crippen LogP contribution < -0.4 is 10.9 Å².